The van der Waals surface area contributed by atoms with Crippen molar-refractivity contribution in [3.05, 3.63) is 0 Å². The second-order valence-electron chi connectivity index (χ2n) is 8.05. The fourth-order valence-electron chi connectivity index (χ4n) is 3.65. The molecule has 0 aliphatic heterocycles. The summed E-state index contributed by atoms with van der Waals surface area (Å²) in [5.41, 5.74) is -1.63. The highest BCUT2D eigenvalue weighted by Gasteiger charge is 2.45. The molecule has 0 heterocycles. The highest BCUT2D eigenvalue weighted by Crippen LogP contribution is 2.41. The molecular weight excluding hydrogens is 306 g/mol. The monoisotopic (exact) mass is 341 g/mol. The molecule has 0 saturated heterocycles. The number of carbonyl (C=O) groups is 2. The first-order valence-corrected chi connectivity index (χ1v) is 9.15. The summed E-state index contributed by atoms with van der Waals surface area (Å²) in [7, 11) is 1.54. The molecule has 1 N–H and O–H groups in total. The minimum Gasteiger partial charge on any atom is -0.459 e. The Balaban J connectivity index is 2.81. The van der Waals surface area contributed by atoms with Crippen LogP contribution in [-0.4, -0.2) is 31.3 Å². The van der Waals surface area contributed by atoms with Crippen LogP contribution >= 0.6 is 0 Å². The van der Waals surface area contributed by atoms with Crippen molar-refractivity contribution < 1.29 is 19.1 Å². The standard InChI is InChI=1S/C19H35NO4/c1-7-18(5,15(21)20-14-23-6)13-17(3,4)16(22)24-19(8-2)11-9-10-12-19/h7-14H2,1-6H3,(H,20,21). The van der Waals surface area contributed by atoms with E-state index in [4.69, 9.17) is 9.47 Å². The number of rotatable bonds is 9. The Kier molecular flexibility index (Phi) is 7.26. The molecule has 5 nitrogen and oxygen atoms in total. The van der Waals surface area contributed by atoms with Crippen LogP contribution in [0.4, 0.5) is 0 Å². The van der Waals surface area contributed by atoms with Crippen molar-refractivity contribution in [2.45, 2.75) is 85.2 Å². The number of amides is 1. The molecule has 1 rings (SSSR count). The summed E-state index contributed by atoms with van der Waals surface area (Å²) < 4.78 is 10.9. The molecule has 1 unspecified atom stereocenters. The molecule has 0 aromatic carbocycles. The number of methoxy groups -OCH3 is 1. The van der Waals surface area contributed by atoms with Crippen molar-refractivity contribution in [3.63, 3.8) is 0 Å². The van der Waals surface area contributed by atoms with E-state index in [1.807, 2.05) is 27.7 Å². The Hall–Kier alpha value is -1.10. The number of carbonyl (C=O) groups excluding carboxylic acids is 2. The Morgan fingerprint density at radius 2 is 1.71 bits per heavy atom. The van der Waals surface area contributed by atoms with E-state index in [9.17, 15) is 9.59 Å². The maximum Gasteiger partial charge on any atom is 0.312 e. The molecule has 1 saturated carbocycles. The molecular formula is C19H35NO4. The quantitative estimate of drug-likeness (QED) is 0.512. The minimum atomic E-state index is -0.708. The van der Waals surface area contributed by atoms with E-state index in [-0.39, 0.29) is 24.2 Å². The maximum absolute atomic E-state index is 12.8. The van der Waals surface area contributed by atoms with Gasteiger partial charge in [0.05, 0.1) is 5.41 Å². The lowest BCUT2D eigenvalue weighted by Crippen LogP contribution is -2.45. The fourth-order valence-corrected chi connectivity index (χ4v) is 3.65. The van der Waals surface area contributed by atoms with Crippen molar-refractivity contribution in [2.24, 2.45) is 10.8 Å². The normalized spacial score (nSPS) is 19.6. The molecule has 0 radical (unpaired) electrons. The smallest absolute Gasteiger partial charge is 0.312 e. The number of nitrogens with one attached hydrogen (secondary N) is 1. The fraction of sp³-hybridized carbons (Fsp3) is 0.895. The molecule has 1 aliphatic carbocycles. The van der Waals surface area contributed by atoms with Crippen molar-refractivity contribution in [2.75, 3.05) is 13.8 Å². The van der Waals surface area contributed by atoms with Crippen molar-refractivity contribution in [1.82, 2.24) is 5.32 Å². The van der Waals surface area contributed by atoms with Crippen LogP contribution in [0.1, 0.15) is 79.6 Å². The number of esters is 1. The highest BCUT2D eigenvalue weighted by molar-refractivity contribution is 5.84. The molecule has 0 aromatic rings. The molecule has 0 spiro atoms. The Bertz CT molecular complexity index is 441. The first kappa shape index (κ1) is 20.9. The summed E-state index contributed by atoms with van der Waals surface area (Å²) in [6.45, 7) is 9.89. The third-order valence-electron chi connectivity index (χ3n) is 5.56. The third kappa shape index (κ3) is 4.95. The molecule has 140 valence electrons. The van der Waals surface area contributed by atoms with E-state index in [2.05, 4.69) is 12.2 Å². The van der Waals surface area contributed by atoms with E-state index in [1.165, 1.54) is 7.11 Å². The van der Waals surface area contributed by atoms with E-state index < -0.39 is 10.8 Å². The predicted octanol–water partition coefficient (Wildman–Crippen LogP) is 3.81. The summed E-state index contributed by atoms with van der Waals surface area (Å²) in [6.07, 6.45) is 6.09. The maximum atomic E-state index is 12.8. The summed E-state index contributed by atoms with van der Waals surface area (Å²) in [5.74, 6) is -0.274. The van der Waals surface area contributed by atoms with Crippen LogP contribution in [0.2, 0.25) is 0 Å². The van der Waals surface area contributed by atoms with Crippen LogP contribution in [0.25, 0.3) is 0 Å². The SMILES string of the molecule is CCC1(OC(=O)C(C)(C)CC(C)(CC)C(=O)NCOC)CCCC1. The summed E-state index contributed by atoms with van der Waals surface area (Å²) in [4.78, 5) is 25.3. The van der Waals surface area contributed by atoms with Gasteiger partial charge in [-0.15, -0.1) is 0 Å². The lowest BCUT2D eigenvalue weighted by molar-refractivity contribution is -0.173. The average Bonchev–Trinajstić information content (AvgIpc) is 3.00. The second kappa shape index (κ2) is 8.32. The molecule has 0 aromatic heterocycles. The summed E-state index contributed by atoms with van der Waals surface area (Å²) >= 11 is 0. The van der Waals surface area contributed by atoms with Gasteiger partial charge in [0.2, 0.25) is 5.91 Å². The van der Waals surface area contributed by atoms with Gasteiger partial charge in [-0.05, 0) is 58.8 Å². The van der Waals surface area contributed by atoms with Crippen molar-refractivity contribution in [1.29, 1.82) is 0 Å². The van der Waals surface area contributed by atoms with Gasteiger partial charge in [-0.25, -0.2) is 0 Å². The van der Waals surface area contributed by atoms with Gasteiger partial charge in [0, 0.05) is 12.5 Å². The van der Waals surface area contributed by atoms with Gasteiger partial charge in [0.25, 0.3) is 0 Å². The van der Waals surface area contributed by atoms with Gasteiger partial charge < -0.3 is 14.8 Å². The van der Waals surface area contributed by atoms with Crippen LogP contribution in [0.3, 0.4) is 0 Å². The van der Waals surface area contributed by atoms with Crippen LogP contribution in [0, 0.1) is 10.8 Å². The lowest BCUT2D eigenvalue weighted by Gasteiger charge is -2.37. The largest absolute Gasteiger partial charge is 0.459 e. The van der Waals surface area contributed by atoms with Crippen LogP contribution < -0.4 is 5.32 Å². The van der Waals surface area contributed by atoms with Crippen LogP contribution in [-0.2, 0) is 19.1 Å². The van der Waals surface area contributed by atoms with Crippen molar-refractivity contribution >= 4 is 11.9 Å². The first-order chi connectivity index (χ1) is 11.1. The first-order valence-electron chi connectivity index (χ1n) is 9.15. The van der Waals surface area contributed by atoms with Crippen LogP contribution in [0.5, 0.6) is 0 Å². The van der Waals surface area contributed by atoms with Crippen molar-refractivity contribution in [3.8, 4) is 0 Å². The Morgan fingerprint density at radius 1 is 1.12 bits per heavy atom. The van der Waals surface area contributed by atoms with Gasteiger partial charge >= 0.3 is 5.97 Å². The van der Waals surface area contributed by atoms with Gasteiger partial charge in [-0.1, -0.05) is 20.8 Å². The predicted molar refractivity (Wildman–Crippen MR) is 94.4 cm³/mol. The van der Waals surface area contributed by atoms with Gasteiger partial charge in [-0.3, -0.25) is 9.59 Å². The molecule has 5 heteroatoms. The zero-order valence-electron chi connectivity index (χ0n) is 16.3. The number of ether oxygens (including phenoxy) is 2. The lowest BCUT2D eigenvalue weighted by atomic mass is 9.71. The van der Waals surface area contributed by atoms with E-state index in [1.54, 1.807) is 0 Å². The minimum absolute atomic E-state index is 0.0844. The van der Waals surface area contributed by atoms with Gasteiger partial charge in [-0.2, -0.15) is 0 Å². The summed E-state index contributed by atoms with van der Waals surface area (Å²) in [5, 5.41) is 2.76. The highest BCUT2D eigenvalue weighted by atomic mass is 16.6. The Labute approximate surface area is 146 Å². The third-order valence-corrected chi connectivity index (χ3v) is 5.56. The molecule has 1 aliphatic rings. The van der Waals surface area contributed by atoms with E-state index in [0.717, 1.165) is 32.1 Å². The summed E-state index contributed by atoms with van der Waals surface area (Å²) in [6, 6.07) is 0. The molecule has 24 heavy (non-hydrogen) atoms. The molecule has 1 amide bonds. The second-order valence-corrected chi connectivity index (χ2v) is 8.05. The van der Waals surface area contributed by atoms with E-state index >= 15 is 0 Å². The van der Waals surface area contributed by atoms with Crippen LogP contribution in [0.15, 0.2) is 0 Å². The average molecular weight is 341 g/mol. The number of hydrogen-bond donors (Lipinski definition) is 1. The topological polar surface area (TPSA) is 64.6 Å². The zero-order chi connectivity index (χ0) is 18.4. The zero-order valence-corrected chi connectivity index (χ0v) is 16.3. The van der Waals surface area contributed by atoms with Gasteiger partial charge in [0.1, 0.15) is 12.3 Å². The molecule has 0 bridgehead atoms. The molecule has 1 fully saturated rings. The van der Waals surface area contributed by atoms with Gasteiger partial charge in [0.15, 0.2) is 0 Å². The molecule has 1 atom stereocenters. The number of hydrogen-bond acceptors (Lipinski definition) is 4. The van der Waals surface area contributed by atoms with E-state index in [0.29, 0.717) is 12.8 Å². The Morgan fingerprint density at radius 3 is 2.17 bits per heavy atom.